The fraction of sp³-hybridized carbons (Fsp3) is 0.556. The van der Waals surface area contributed by atoms with Gasteiger partial charge < -0.3 is 15.7 Å². The highest BCUT2D eigenvalue weighted by atomic mass is 35.5. The average molecular weight is 353 g/mol. The molecule has 2 rings (SSSR count). The summed E-state index contributed by atoms with van der Waals surface area (Å²) in [5.41, 5.74) is 2.80. The van der Waals surface area contributed by atoms with Crippen molar-refractivity contribution in [2.75, 3.05) is 5.32 Å². The number of carboxylic acid groups (broad SMARTS) is 1. The number of urea groups is 1. The molecular formula is C18H25ClN2O3. The van der Waals surface area contributed by atoms with Crippen LogP contribution in [0.4, 0.5) is 10.5 Å². The first-order chi connectivity index (χ1) is 11.5. The van der Waals surface area contributed by atoms with Gasteiger partial charge in [0, 0.05) is 11.1 Å². The Morgan fingerprint density at radius 1 is 1.17 bits per heavy atom. The molecule has 0 radical (unpaired) electrons. The van der Waals surface area contributed by atoms with E-state index in [0.29, 0.717) is 30.7 Å². The highest BCUT2D eigenvalue weighted by molar-refractivity contribution is 6.31. The van der Waals surface area contributed by atoms with Crippen LogP contribution in [0.5, 0.6) is 0 Å². The van der Waals surface area contributed by atoms with Gasteiger partial charge in [0.15, 0.2) is 0 Å². The topological polar surface area (TPSA) is 78.4 Å². The molecular weight excluding hydrogens is 328 g/mol. The van der Waals surface area contributed by atoms with Crippen molar-refractivity contribution in [1.82, 2.24) is 5.32 Å². The number of benzene rings is 1. The number of hydrogen-bond donors (Lipinski definition) is 3. The van der Waals surface area contributed by atoms with Crippen LogP contribution in [0.2, 0.25) is 5.02 Å². The number of rotatable bonds is 5. The predicted octanol–water partition coefficient (Wildman–Crippen LogP) is 4.23. The van der Waals surface area contributed by atoms with Gasteiger partial charge in [-0.1, -0.05) is 31.5 Å². The number of nitrogens with one attached hydrogen (secondary N) is 2. The standard InChI is InChI=1S/C18H25ClN2O3/c1-3-11-7-10-15(19)14(4-2)16(11)21-18(24)20-13-8-5-12(6-9-13)17(22)23/h7,10,12-13H,3-6,8-9H2,1-2H3,(H,22,23)(H2,20,21,24). The number of aryl methyl sites for hydroxylation is 1. The second-order valence-electron chi connectivity index (χ2n) is 6.25. The second-order valence-corrected chi connectivity index (χ2v) is 6.66. The normalized spacial score (nSPS) is 20.5. The first-order valence-electron chi connectivity index (χ1n) is 8.56. The molecule has 1 saturated carbocycles. The lowest BCUT2D eigenvalue weighted by Crippen LogP contribution is -2.41. The molecule has 1 aliphatic carbocycles. The van der Waals surface area contributed by atoms with Crippen LogP contribution in [-0.2, 0) is 17.6 Å². The number of carboxylic acids is 1. The predicted molar refractivity (Wildman–Crippen MR) is 95.7 cm³/mol. The molecule has 0 bridgehead atoms. The number of aliphatic carboxylic acids is 1. The smallest absolute Gasteiger partial charge is 0.319 e. The van der Waals surface area contributed by atoms with Gasteiger partial charge in [-0.2, -0.15) is 0 Å². The van der Waals surface area contributed by atoms with E-state index >= 15 is 0 Å². The number of anilines is 1. The molecule has 0 atom stereocenters. The summed E-state index contributed by atoms with van der Waals surface area (Å²) in [6, 6.07) is 3.58. The molecule has 0 aromatic heterocycles. The minimum absolute atomic E-state index is 0.0231. The molecule has 6 heteroatoms. The van der Waals surface area contributed by atoms with E-state index in [9.17, 15) is 9.59 Å². The lowest BCUT2D eigenvalue weighted by atomic mass is 9.86. The summed E-state index contributed by atoms with van der Waals surface area (Å²) < 4.78 is 0. The van der Waals surface area contributed by atoms with Crippen molar-refractivity contribution in [3.63, 3.8) is 0 Å². The third-order valence-electron chi connectivity index (χ3n) is 4.73. The van der Waals surface area contributed by atoms with E-state index < -0.39 is 5.97 Å². The minimum Gasteiger partial charge on any atom is -0.481 e. The number of carbonyl (C=O) groups excluding carboxylic acids is 1. The molecule has 0 heterocycles. The molecule has 0 unspecified atom stereocenters. The van der Waals surface area contributed by atoms with Crippen molar-refractivity contribution in [3.8, 4) is 0 Å². The minimum atomic E-state index is -0.739. The SMILES string of the molecule is CCc1ccc(Cl)c(CC)c1NC(=O)NC1CCC(C(=O)O)CC1. The van der Waals surface area contributed by atoms with Gasteiger partial charge in [0.05, 0.1) is 11.6 Å². The Balaban J connectivity index is 2.00. The van der Waals surface area contributed by atoms with Crippen molar-refractivity contribution in [3.05, 3.63) is 28.3 Å². The molecule has 1 fully saturated rings. The van der Waals surface area contributed by atoms with E-state index in [1.807, 2.05) is 26.0 Å². The zero-order valence-electron chi connectivity index (χ0n) is 14.2. The first kappa shape index (κ1) is 18.6. The maximum absolute atomic E-state index is 12.4. The molecule has 132 valence electrons. The van der Waals surface area contributed by atoms with E-state index in [1.54, 1.807) is 0 Å². The van der Waals surface area contributed by atoms with Crippen molar-refractivity contribution in [2.24, 2.45) is 5.92 Å². The maximum atomic E-state index is 12.4. The Morgan fingerprint density at radius 3 is 2.38 bits per heavy atom. The molecule has 0 aliphatic heterocycles. The monoisotopic (exact) mass is 352 g/mol. The Labute approximate surface area is 147 Å². The van der Waals surface area contributed by atoms with Gasteiger partial charge in [-0.25, -0.2) is 4.79 Å². The van der Waals surface area contributed by atoms with E-state index in [-0.39, 0.29) is 18.0 Å². The maximum Gasteiger partial charge on any atom is 0.319 e. The molecule has 1 aromatic rings. The van der Waals surface area contributed by atoms with Gasteiger partial charge in [-0.05, 0) is 55.7 Å². The van der Waals surface area contributed by atoms with Crippen molar-refractivity contribution < 1.29 is 14.7 Å². The molecule has 24 heavy (non-hydrogen) atoms. The molecule has 0 spiro atoms. The third kappa shape index (κ3) is 4.41. The Hall–Kier alpha value is -1.75. The van der Waals surface area contributed by atoms with Crippen LogP contribution in [0.1, 0.15) is 50.7 Å². The van der Waals surface area contributed by atoms with E-state index in [0.717, 1.165) is 29.7 Å². The van der Waals surface area contributed by atoms with Crippen LogP contribution in [0, 0.1) is 5.92 Å². The molecule has 2 amide bonds. The average Bonchev–Trinajstić information content (AvgIpc) is 2.55. The van der Waals surface area contributed by atoms with E-state index in [4.69, 9.17) is 16.7 Å². The lowest BCUT2D eigenvalue weighted by Gasteiger charge is -2.27. The number of hydrogen-bond acceptors (Lipinski definition) is 2. The summed E-state index contributed by atoms with van der Waals surface area (Å²) in [7, 11) is 0. The van der Waals surface area contributed by atoms with E-state index in [1.165, 1.54) is 0 Å². The van der Waals surface area contributed by atoms with Crippen LogP contribution in [0.3, 0.4) is 0 Å². The van der Waals surface area contributed by atoms with Crippen LogP contribution in [0.25, 0.3) is 0 Å². The summed E-state index contributed by atoms with van der Waals surface area (Å²) in [6.07, 6.45) is 4.16. The van der Waals surface area contributed by atoms with Crippen LogP contribution >= 0.6 is 11.6 Å². The zero-order valence-corrected chi connectivity index (χ0v) is 14.9. The van der Waals surface area contributed by atoms with Crippen molar-refractivity contribution in [1.29, 1.82) is 0 Å². The van der Waals surface area contributed by atoms with E-state index in [2.05, 4.69) is 10.6 Å². The van der Waals surface area contributed by atoms with Crippen molar-refractivity contribution in [2.45, 2.75) is 58.4 Å². The summed E-state index contributed by atoms with van der Waals surface area (Å²) >= 11 is 6.25. The fourth-order valence-corrected chi connectivity index (χ4v) is 3.58. The fourth-order valence-electron chi connectivity index (χ4n) is 3.29. The number of amides is 2. The van der Waals surface area contributed by atoms with Gasteiger partial charge in [0.1, 0.15) is 0 Å². The highest BCUT2D eigenvalue weighted by Gasteiger charge is 2.27. The third-order valence-corrected chi connectivity index (χ3v) is 5.08. The Morgan fingerprint density at radius 2 is 1.83 bits per heavy atom. The molecule has 1 aromatic carbocycles. The number of halogens is 1. The first-order valence-corrected chi connectivity index (χ1v) is 8.94. The van der Waals surface area contributed by atoms with Gasteiger partial charge in [0.2, 0.25) is 0 Å². The zero-order chi connectivity index (χ0) is 17.7. The Bertz CT molecular complexity index is 611. The largest absolute Gasteiger partial charge is 0.481 e. The van der Waals surface area contributed by atoms with Gasteiger partial charge >= 0.3 is 12.0 Å². The molecule has 3 N–H and O–H groups in total. The van der Waals surface area contributed by atoms with Crippen molar-refractivity contribution >= 4 is 29.3 Å². The quantitative estimate of drug-likeness (QED) is 0.742. The van der Waals surface area contributed by atoms with Crippen LogP contribution in [0.15, 0.2) is 12.1 Å². The van der Waals surface area contributed by atoms with Gasteiger partial charge in [0.25, 0.3) is 0 Å². The van der Waals surface area contributed by atoms with Gasteiger partial charge in [-0.15, -0.1) is 0 Å². The van der Waals surface area contributed by atoms with Crippen LogP contribution < -0.4 is 10.6 Å². The summed E-state index contributed by atoms with van der Waals surface area (Å²) in [5.74, 6) is -1.02. The Kier molecular flexibility index (Phi) is 6.49. The molecule has 5 nitrogen and oxygen atoms in total. The number of carbonyl (C=O) groups is 2. The van der Waals surface area contributed by atoms with Gasteiger partial charge in [-0.3, -0.25) is 4.79 Å². The summed E-state index contributed by atoms with van der Waals surface area (Å²) in [6.45, 7) is 4.05. The lowest BCUT2D eigenvalue weighted by molar-refractivity contribution is -0.142. The molecule has 1 aliphatic rings. The highest BCUT2D eigenvalue weighted by Crippen LogP contribution is 2.30. The summed E-state index contributed by atoms with van der Waals surface area (Å²) in [4.78, 5) is 23.3. The second kappa shape index (κ2) is 8.38. The molecule has 0 saturated heterocycles. The van der Waals surface area contributed by atoms with Crippen LogP contribution in [-0.4, -0.2) is 23.1 Å². The summed E-state index contributed by atoms with van der Waals surface area (Å²) in [5, 5.41) is 15.6.